The molecule has 0 aliphatic rings. The lowest BCUT2D eigenvalue weighted by atomic mass is 10.1. The summed E-state index contributed by atoms with van der Waals surface area (Å²) < 4.78 is 29.7. The van der Waals surface area contributed by atoms with Gasteiger partial charge in [0.25, 0.3) is 5.91 Å². The van der Waals surface area contributed by atoms with Crippen LogP contribution in [0.2, 0.25) is 0 Å². The van der Waals surface area contributed by atoms with Crippen LogP contribution >= 0.6 is 11.3 Å². The Morgan fingerprint density at radius 3 is 2.31 bits per heavy atom. The van der Waals surface area contributed by atoms with E-state index in [4.69, 9.17) is 14.2 Å². The lowest BCUT2D eigenvalue weighted by Crippen LogP contribution is -2.44. The largest absolute Gasteiger partial charge is 0.493 e. The number of halogens is 1. The van der Waals surface area contributed by atoms with Gasteiger partial charge in [0.05, 0.1) is 20.8 Å². The van der Waals surface area contributed by atoms with E-state index < -0.39 is 5.82 Å². The zero-order valence-corrected chi connectivity index (χ0v) is 23.9. The van der Waals surface area contributed by atoms with Gasteiger partial charge in [-0.2, -0.15) is 0 Å². The molecule has 0 radical (unpaired) electrons. The third kappa shape index (κ3) is 9.07. The number of rotatable bonds is 15. The molecule has 0 saturated carbocycles. The number of thiophene rings is 1. The van der Waals surface area contributed by atoms with Crippen LogP contribution in [0, 0.1) is 12.7 Å². The molecule has 0 saturated heterocycles. The van der Waals surface area contributed by atoms with Crippen molar-refractivity contribution < 1.29 is 28.2 Å². The van der Waals surface area contributed by atoms with E-state index in [9.17, 15) is 14.0 Å². The van der Waals surface area contributed by atoms with Gasteiger partial charge in [0, 0.05) is 41.6 Å². The highest BCUT2D eigenvalue weighted by Crippen LogP contribution is 2.28. The summed E-state index contributed by atoms with van der Waals surface area (Å²) in [4.78, 5) is 32.6. The maximum atomic E-state index is 13.7. The Morgan fingerprint density at radius 2 is 1.67 bits per heavy atom. The number of amides is 2. The standard InChI is InChI=1S/C30H37FN2O5S/c1-5-38-18-6-16-33(30(35)24-9-11-25(31)12-10-24)21-29(34)32(20-26-13-7-22(2)39-26)17-15-23-8-14-27(36-3)28(19-23)37-4/h7-14,19H,5-6,15-18,20-21H2,1-4H3. The van der Waals surface area contributed by atoms with Crippen molar-refractivity contribution in [3.05, 3.63) is 81.3 Å². The molecule has 39 heavy (non-hydrogen) atoms. The van der Waals surface area contributed by atoms with Crippen LogP contribution in [0.15, 0.2) is 54.6 Å². The SMILES string of the molecule is CCOCCCN(CC(=O)N(CCc1ccc(OC)c(OC)c1)Cc1ccc(C)s1)C(=O)c1ccc(F)cc1. The molecule has 0 aliphatic carbocycles. The van der Waals surface area contributed by atoms with Gasteiger partial charge in [-0.25, -0.2) is 4.39 Å². The zero-order chi connectivity index (χ0) is 28.2. The van der Waals surface area contributed by atoms with Crippen molar-refractivity contribution in [3.8, 4) is 11.5 Å². The molecular weight excluding hydrogens is 519 g/mol. The molecule has 7 nitrogen and oxygen atoms in total. The molecule has 0 fully saturated rings. The van der Waals surface area contributed by atoms with Crippen LogP contribution in [0.3, 0.4) is 0 Å². The first kappa shape index (κ1) is 30.1. The summed E-state index contributed by atoms with van der Waals surface area (Å²) in [6.45, 7) is 6.18. The summed E-state index contributed by atoms with van der Waals surface area (Å²) in [6.07, 6.45) is 1.19. The average Bonchev–Trinajstić information content (AvgIpc) is 3.36. The molecule has 0 N–H and O–H groups in total. The number of nitrogens with zero attached hydrogens (tertiary/aromatic N) is 2. The minimum absolute atomic E-state index is 0.0847. The second-order valence-electron chi connectivity index (χ2n) is 9.05. The van der Waals surface area contributed by atoms with E-state index in [0.29, 0.717) is 62.8 Å². The summed E-state index contributed by atoms with van der Waals surface area (Å²) in [5.74, 6) is 0.385. The van der Waals surface area contributed by atoms with Crippen LogP contribution in [0.1, 0.15) is 39.0 Å². The van der Waals surface area contributed by atoms with Gasteiger partial charge in [-0.15, -0.1) is 11.3 Å². The normalized spacial score (nSPS) is 10.8. The Balaban J connectivity index is 1.78. The molecule has 1 aromatic heterocycles. The number of ether oxygens (including phenoxy) is 3. The van der Waals surface area contributed by atoms with Crippen LogP contribution in [-0.2, 0) is 22.5 Å². The Kier molecular flexibility index (Phi) is 11.8. The van der Waals surface area contributed by atoms with Crippen LogP contribution < -0.4 is 9.47 Å². The van der Waals surface area contributed by atoms with E-state index in [1.807, 2.05) is 44.2 Å². The van der Waals surface area contributed by atoms with Crippen molar-refractivity contribution >= 4 is 23.2 Å². The Bertz CT molecular complexity index is 1210. The van der Waals surface area contributed by atoms with E-state index >= 15 is 0 Å². The highest BCUT2D eigenvalue weighted by Gasteiger charge is 2.23. The van der Waals surface area contributed by atoms with Gasteiger partial charge in [0.2, 0.25) is 5.91 Å². The van der Waals surface area contributed by atoms with Gasteiger partial charge in [0.1, 0.15) is 12.4 Å². The van der Waals surface area contributed by atoms with Crippen molar-refractivity contribution in [1.82, 2.24) is 9.80 Å². The minimum atomic E-state index is -0.418. The summed E-state index contributed by atoms with van der Waals surface area (Å²) in [5.41, 5.74) is 1.34. The zero-order valence-electron chi connectivity index (χ0n) is 23.1. The third-order valence-corrected chi connectivity index (χ3v) is 7.22. The van der Waals surface area contributed by atoms with Crippen LogP contribution in [0.25, 0.3) is 0 Å². The predicted octanol–water partition coefficient (Wildman–Crippen LogP) is 5.35. The third-order valence-electron chi connectivity index (χ3n) is 6.24. The fourth-order valence-electron chi connectivity index (χ4n) is 4.14. The van der Waals surface area contributed by atoms with Crippen LogP contribution in [-0.4, -0.2) is 68.7 Å². The number of hydrogen-bond acceptors (Lipinski definition) is 6. The van der Waals surface area contributed by atoms with Crippen molar-refractivity contribution in [1.29, 1.82) is 0 Å². The number of benzene rings is 2. The van der Waals surface area contributed by atoms with E-state index in [-0.39, 0.29) is 18.4 Å². The smallest absolute Gasteiger partial charge is 0.254 e. The van der Waals surface area contributed by atoms with Crippen LogP contribution in [0.4, 0.5) is 4.39 Å². The first-order valence-electron chi connectivity index (χ1n) is 13.0. The molecule has 3 rings (SSSR count). The quantitative estimate of drug-likeness (QED) is 0.236. The van der Waals surface area contributed by atoms with Crippen molar-refractivity contribution in [2.45, 2.75) is 33.2 Å². The molecule has 3 aromatic rings. The fraction of sp³-hybridized carbons (Fsp3) is 0.400. The van der Waals surface area contributed by atoms with E-state index in [0.717, 1.165) is 10.4 Å². The molecule has 0 aliphatic heterocycles. The van der Waals surface area contributed by atoms with Gasteiger partial charge in [-0.05, 0) is 80.8 Å². The molecule has 9 heteroatoms. The summed E-state index contributed by atoms with van der Waals surface area (Å²) in [5, 5.41) is 0. The monoisotopic (exact) mass is 556 g/mol. The number of carbonyl (C=O) groups excluding carboxylic acids is 2. The van der Waals surface area contributed by atoms with Gasteiger partial charge >= 0.3 is 0 Å². The van der Waals surface area contributed by atoms with Gasteiger partial charge in [0.15, 0.2) is 11.5 Å². The second-order valence-corrected chi connectivity index (χ2v) is 10.4. The Labute approximate surface area is 234 Å². The first-order valence-corrected chi connectivity index (χ1v) is 13.8. The molecule has 2 aromatic carbocycles. The molecular formula is C30H37FN2O5S. The average molecular weight is 557 g/mol. The van der Waals surface area contributed by atoms with Crippen molar-refractivity contribution in [2.75, 3.05) is 47.1 Å². The molecule has 1 heterocycles. The molecule has 2 amide bonds. The van der Waals surface area contributed by atoms with E-state index in [1.54, 1.807) is 30.5 Å². The predicted molar refractivity (Wildman–Crippen MR) is 151 cm³/mol. The second kappa shape index (κ2) is 15.2. The van der Waals surface area contributed by atoms with E-state index in [1.165, 1.54) is 34.0 Å². The lowest BCUT2D eigenvalue weighted by Gasteiger charge is -2.28. The molecule has 0 spiro atoms. The Hall–Kier alpha value is -3.43. The number of methoxy groups -OCH3 is 2. The van der Waals surface area contributed by atoms with Gasteiger partial charge in [-0.1, -0.05) is 6.07 Å². The lowest BCUT2D eigenvalue weighted by molar-refractivity contribution is -0.132. The maximum absolute atomic E-state index is 13.7. The summed E-state index contributed by atoms with van der Waals surface area (Å²) in [7, 11) is 3.18. The molecule has 0 atom stereocenters. The van der Waals surface area contributed by atoms with Gasteiger partial charge in [-0.3, -0.25) is 9.59 Å². The maximum Gasteiger partial charge on any atom is 0.254 e. The summed E-state index contributed by atoms with van der Waals surface area (Å²) >= 11 is 1.65. The van der Waals surface area contributed by atoms with Crippen molar-refractivity contribution in [3.63, 3.8) is 0 Å². The van der Waals surface area contributed by atoms with Crippen molar-refractivity contribution in [2.24, 2.45) is 0 Å². The Morgan fingerprint density at radius 1 is 0.923 bits per heavy atom. The fourth-order valence-corrected chi connectivity index (χ4v) is 5.05. The highest BCUT2D eigenvalue weighted by molar-refractivity contribution is 7.11. The summed E-state index contributed by atoms with van der Waals surface area (Å²) in [6, 6.07) is 15.2. The van der Waals surface area contributed by atoms with E-state index in [2.05, 4.69) is 0 Å². The molecule has 210 valence electrons. The van der Waals surface area contributed by atoms with Crippen LogP contribution in [0.5, 0.6) is 11.5 Å². The first-order chi connectivity index (χ1) is 18.8. The minimum Gasteiger partial charge on any atom is -0.493 e. The topological polar surface area (TPSA) is 68.3 Å². The molecule has 0 bridgehead atoms. The highest BCUT2D eigenvalue weighted by atomic mass is 32.1. The van der Waals surface area contributed by atoms with Gasteiger partial charge < -0.3 is 24.0 Å². The number of carbonyl (C=O) groups is 2. The molecule has 0 unspecified atom stereocenters. The number of aryl methyl sites for hydroxylation is 1. The number of hydrogen-bond donors (Lipinski definition) is 0.